The van der Waals surface area contributed by atoms with Gasteiger partial charge in [0.15, 0.2) is 0 Å². The molecule has 0 spiro atoms. The lowest BCUT2D eigenvalue weighted by Gasteiger charge is -2.33. The Bertz CT molecular complexity index is 723. The van der Waals surface area contributed by atoms with E-state index in [0.717, 1.165) is 43.8 Å². The Morgan fingerprint density at radius 3 is 2.83 bits per heavy atom. The van der Waals surface area contributed by atoms with E-state index in [1.807, 2.05) is 41.8 Å². The molecule has 1 fully saturated rings. The van der Waals surface area contributed by atoms with Crippen LogP contribution in [0.3, 0.4) is 0 Å². The van der Waals surface area contributed by atoms with Crippen LogP contribution < -0.4 is 5.32 Å². The maximum absolute atomic E-state index is 12.6. The molecule has 1 aliphatic carbocycles. The number of nitrogens with one attached hydrogen (secondary N) is 1. The van der Waals surface area contributed by atoms with Crippen molar-refractivity contribution in [3.63, 3.8) is 0 Å². The van der Waals surface area contributed by atoms with Crippen molar-refractivity contribution in [2.75, 3.05) is 13.1 Å². The molecule has 126 valence electrons. The fourth-order valence-electron chi connectivity index (χ4n) is 3.83. The molecule has 1 saturated heterocycles. The van der Waals surface area contributed by atoms with Crippen molar-refractivity contribution >= 4 is 17.6 Å². The van der Waals surface area contributed by atoms with Gasteiger partial charge in [-0.25, -0.2) is 9.78 Å². The molecule has 0 saturated carbocycles. The number of rotatable bonds is 2. The standard InChI is InChI=1S/C18H21ClN4O/c19-14-2-3-16-13(11-14)1-4-17(16)21-18(24)22-8-5-15(6-9-22)23-10-7-20-12-23/h2-3,7,10-12,15,17H,1,4-6,8-9H2,(H,21,24)/t17-/m1/s1. The maximum atomic E-state index is 12.6. The van der Waals surface area contributed by atoms with Crippen LogP contribution in [0.25, 0.3) is 0 Å². The van der Waals surface area contributed by atoms with Crippen molar-refractivity contribution in [3.05, 3.63) is 53.1 Å². The lowest BCUT2D eigenvalue weighted by Crippen LogP contribution is -2.45. The minimum atomic E-state index is 0.0480. The number of aromatic nitrogens is 2. The van der Waals surface area contributed by atoms with E-state index in [0.29, 0.717) is 6.04 Å². The number of amides is 2. The molecule has 0 unspecified atom stereocenters. The number of piperidine rings is 1. The Morgan fingerprint density at radius 1 is 1.25 bits per heavy atom. The molecule has 24 heavy (non-hydrogen) atoms. The molecule has 4 rings (SSSR count). The van der Waals surface area contributed by atoms with Gasteiger partial charge in [-0.2, -0.15) is 0 Å². The van der Waals surface area contributed by atoms with Gasteiger partial charge in [0.2, 0.25) is 0 Å². The Labute approximate surface area is 146 Å². The summed E-state index contributed by atoms with van der Waals surface area (Å²) in [5.74, 6) is 0. The van der Waals surface area contributed by atoms with Gasteiger partial charge in [-0.3, -0.25) is 0 Å². The second kappa shape index (κ2) is 6.48. The molecular formula is C18H21ClN4O. The summed E-state index contributed by atoms with van der Waals surface area (Å²) in [6.07, 6.45) is 9.54. The van der Waals surface area contributed by atoms with E-state index >= 15 is 0 Å². The number of halogens is 1. The molecule has 2 heterocycles. The highest BCUT2D eigenvalue weighted by molar-refractivity contribution is 6.30. The molecule has 5 nitrogen and oxygen atoms in total. The van der Waals surface area contributed by atoms with E-state index in [2.05, 4.69) is 14.9 Å². The Balaban J connectivity index is 1.35. The predicted octanol–water partition coefficient (Wildman–Crippen LogP) is 3.57. The lowest BCUT2D eigenvalue weighted by molar-refractivity contribution is 0.168. The first-order chi connectivity index (χ1) is 11.7. The molecule has 1 aromatic heterocycles. The zero-order valence-electron chi connectivity index (χ0n) is 13.5. The molecule has 2 amide bonds. The van der Waals surface area contributed by atoms with E-state index in [1.165, 1.54) is 11.1 Å². The number of hydrogen-bond acceptors (Lipinski definition) is 2. The van der Waals surface area contributed by atoms with Crippen LogP contribution in [0.2, 0.25) is 5.02 Å². The maximum Gasteiger partial charge on any atom is 0.317 e. The summed E-state index contributed by atoms with van der Waals surface area (Å²) in [5.41, 5.74) is 2.47. The van der Waals surface area contributed by atoms with E-state index in [4.69, 9.17) is 11.6 Å². The molecule has 2 aliphatic rings. The van der Waals surface area contributed by atoms with Crippen LogP contribution in [0.15, 0.2) is 36.9 Å². The van der Waals surface area contributed by atoms with Gasteiger partial charge in [0.05, 0.1) is 12.4 Å². The number of carbonyl (C=O) groups is 1. The fraction of sp³-hybridized carbons (Fsp3) is 0.444. The first-order valence-electron chi connectivity index (χ1n) is 8.52. The first-order valence-corrected chi connectivity index (χ1v) is 8.90. The quantitative estimate of drug-likeness (QED) is 0.905. The van der Waals surface area contributed by atoms with E-state index in [9.17, 15) is 4.79 Å². The largest absolute Gasteiger partial charge is 0.334 e. The number of aryl methyl sites for hydroxylation is 1. The van der Waals surface area contributed by atoms with E-state index in [1.54, 1.807) is 0 Å². The van der Waals surface area contributed by atoms with Crippen LogP contribution in [0.5, 0.6) is 0 Å². The normalized spacial score (nSPS) is 20.9. The summed E-state index contributed by atoms with van der Waals surface area (Å²) < 4.78 is 2.15. The van der Waals surface area contributed by atoms with Gasteiger partial charge in [0, 0.05) is 36.5 Å². The van der Waals surface area contributed by atoms with Crippen LogP contribution >= 0.6 is 11.6 Å². The number of nitrogens with zero attached hydrogens (tertiary/aromatic N) is 3. The highest BCUT2D eigenvalue weighted by Gasteiger charge is 2.28. The van der Waals surface area contributed by atoms with Gasteiger partial charge in [-0.15, -0.1) is 0 Å². The lowest BCUT2D eigenvalue weighted by atomic mass is 10.1. The summed E-state index contributed by atoms with van der Waals surface area (Å²) >= 11 is 6.05. The summed E-state index contributed by atoms with van der Waals surface area (Å²) in [7, 11) is 0. The van der Waals surface area contributed by atoms with E-state index < -0.39 is 0 Å². The Hall–Kier alpha value is -2.01. The monoisotopic (exact) mass is 344 g/mol. The smallest absolute Gasteiger partial charge is 0.317 e. The molecule has 1 aliphatic heterocycles. The Kier molecular flexibility index (Phi) is 4.19. The van der Waals surface area contributed by atoms with Crippen LogP contribution in [0, 0.1) is 0 Å². The number of urea groups is 1. The summed E-state index contributed by atoms with van der Waals surface area (Å²) in [5, 5.41) is 3.96. The second-order valence-electron chi connectivity index (χ2n) is 6.61. The first kappa shape index (κ1) is 15.5. The van der Waals surface area contributed by atoms with Crippen molar-refractivity contribution in [1.82, 2.24) is 19.8 Å². The van der Waals surface area contributed by atoms with Crippen LogP contribution in [-0.2, 0) is 6.42 Å². The van der Waals surface area contributed by atoms with Crippen molar-refractivity contribution in [3.8, 4) is 0 Å². The molecule has 1 N–H and O–H groups in total. The number of fused-ring (bicyclic) bond motifs is 1. The minimum Gasteiger partial charge on any atom is -0.334 e. The highest BCUT2D eigenvalue weighted by Crippen LogP contribution is 2.33. The van der Waals surface area contributed by atoms with Gasteiger partial charge in [-0.1, -0.05) is 17.7 Å². The molecule has 1 aromatic carbocycles. The number of benzene rings is 1. The average molecular weight is 345 g/mol. The summed E-state index contributed by atoms with van der Waals surface area (Å²) in [6, 6.07) is 6.57. The minimum absolute atomic E-state index is 0.0480. The molecule has 1 atom stereocenters. The summed E-state index contributed by atoms with van der Waals surface area (Å²) in [4.78, 5) is 18.6. The third-order valence-corrected chi connectivity index (χ3v) is 5.41. The topological polar surface area (TPSA) is 50.2 Å². The van der Waals surface area contributed by atoms with Gasteiger partial charge in [0.25, 0.3) is 0 Å². The van der Waals surface area contributed by atoms with Gasteiger partial charge >= 0.3 is 6.03 Å². The van der Waals surface area contributed by atoms with Crippen molar-refractivity contribution in [2.24, 2.45) is 0 Å². The van der Waals surface area contributed by atoms with Crippen LogP contribution in [0.4, 0.5) is 4.79 Å². The molecule has 0 radical (unpaired) electrons. The third-order valence-electron chi connectivity index (χ3n) is 5.18. The highest BCUT2D eigenvalue weighted by atomic mass is 35.5. The van der Waals surface area contributed by atoms with Crippen molar-refractivity contribution in [1.29, 1.82) is 0 Å². The zero-order valence-corrected chi connectivity index (χ0v) is 14.2. The average Bonchev–Trinajstić information content (AvgIpc) is 3.25. The molecular weight excluding hydrogens is 324 g/mol. The van der Waals surface area contributed by atoms with Crippen LogP contribution in [0.1, 0.15) is 42.5 Å². The third kappa shape index (κ3) is 3.00. The van der Waals surface area contributed by atoms with Crippen LogP contribution in [-0.4, -0.2) is 33.6 Å². The van der Waals surface area contributed by atoms with Crippen molar-refractivity contribution in [2.45, 2.75) is 37.8 Å². The number of hydrogen-bond donors (Lipinski definition) is 1. The van der Waals surface area contributed by atoms with Gasteiger partial charge in [0.1, 0.15) is 0 Å². The van der Waals surface area contributed by atoms with Gasteiger partial charge < -0.3 is 14.8 Å². The predicted molar refractivity (Wildman–Crippen MR) is 93.1 cm³/mol. The van der Waals surface area contributed by atoms with E-state index in [-0.39, 0.29) is 12.1 Å². The molecule has 6 heteroatoms. The zero-order chi connectivity index (χ0) is 16.5. The SMILES string of the molecule is O=C(N[C@@H]1CCc2cc(Cl)ccc21)N1CCC(n2ccnc2)CC1. The molecule has 0 bridgehead atoms. The number of imidazole rings is 1. The Morgan fingerprint density at radius 2 is 2.08 bits per heavy atom. The van der Waals surface area contributed by atoms with Gasteiger partial charge in [-0.05, 0) is 48.9 Å². The molecule has 2 aromatic rings. The fourth-order valence-corrected chi connectivity index (χ4v) is 4.02. The number of likely N-dealkylation sites (tertiary alicyclic amines) is 1. The van der Waals surface area contributed by atoms with Crippen molar-refractivity contribution < 1.29 is 4.79 Å². The second-order valence-corrected chi connectivity index (χ2v) is 7.05. The summed E-state index contributed by atoms with van der Waals surface area (Å²) in [6.45, 7) is 1.57. The number of carbonyl (C=O) groups excluding carboxylic acids is 1.